The second-order valence-corrected chi connectivity index (χ2v) is 5.13. The Bertz CT molecular complexity index is 597. The van der Waals surface area contributed by atoms with Gasteiger partial charge in [0.1, 0.15) is 0 Å². The Hall–Kier alpha value is -2.15. The number of piperazine rings is 1. The van der Waals surface area contributed by atoms with E-state index in [0.717, 1.165) is 0 Å². The Kier molecular flexibility index (Phi) is 4.42. The first kappa shape index (κ1) is 15.2. The maximum Gasteiger partial charge on any atom is 0.270 e. The molecule has 2 rings (SSSR count). The van der Waals surface area contributed by atoms with Crippen molar-refractivity contribution >= 4 is 29.1 Å². The molecular formula is C13H14ClN3O4. The van der Waals surface area contributed by atoms with Gasteiger partial charge in [0.15, 0.2) is 0 Å². The molecule has 0 saturated carbocycles. The number of carbonyl (C=O) groups excluding carboxylic acids is 2. The first-order chi connectivity index (χ1) is 9.90. The maximum absolute atomic E-state index is 12.3. The number of nitro benzene ring substituents is 1. The Morgan fingerprint density at radius 3 is 2.24 bits per heavy atom. The smallest absolute Gasteiger partial charge is 0.270 e. The molecule has 0 unspecified atom stereocenters. The third kappa shape index (κ3) is 3.30. The molecule has 0 N–H and O–H groups in total. The van der Waals surface area contributed by atoms with Crippen LogP contribution in [0.2, 0.25) is 5.02 Å². The predicted molar refractivity (Wildman–Crippen MR) is 76.3 cm³/mol. The van der Waals surface area contributed by atoms with E-state index in [-0.39, 0.29) is 28.1 Å². The van der Waals surface area contributed by atoms with Crippen molar-refractivity contribution in [3.63, 3.8) is 0 Å². The van der Waals surface area contributed by atoms with Gasteiger partial charge in [-0.3, -0.25) is 19.7 Å². The number of hydrogen-bond donors (Lipinski definition) is 0. The lowest BCUT2D eigenvalue weighted by molar-refractivity contribution is -0.384. The van der Waals surface area contributed by atoms with E-state index in [1.165, 1.54) is 25.1 Å². The molecule has 1 aromatic carbocycles. The van der Waals surface area contributed by atoms with E-state index in [0.29, 0.717) is 26.2 Å². The summed E-state index contributed by atoms with van der Waals surface area (Å²) in [5, 5.41) is 10.7. The van der Waals surface area contributed by atoms with Crippen molar-refractivity contribution in [2.75, 3.05) is 26.2 Å². The molecule has 1 aromatic rings. The quantitative estimate of drug-likeness (QED) is 0.613. The van der Waals surface area contributed by atoms with Gasteiger partial charge in [0.25, 0.3) is 11.6 Å². The van der Waals surface area contributed by atoms with Gasteiger partial charge in [0, 0.05) is 45.2 Å². The Labute approximate surface area is 126 Å². The van der Waals surface area contributed by atoms with E-state index in [1.54, 1.807) is 9.80 Å². The minimum Gasteiger partial charge on any atom is -0.339 e. The maximum atomic E-state index is 12.3. The van der Waals surface area contributed by atoms with Crippen molar-refractivity contribution in [2.24, 2.45) is 0 Å². The van der Waals surface area contributed by atoms with Crippen LogP contribution in [-0.4, -0.2) is 52.7 Å². The number of hydrogen-bond acceptors (Lipinski definition) is 4. The van der Waals surface area contributed by atoms with Gasteiger partial charge in [0.2, 0.25) is 5.91 Å². The molecule has 1 aliphatic heterocycles. The van der Waals surface area contributed by atoms with Gasteiger partial charge in [-0.1, -0.05) is 11.6 Å². The van der Waals surface area contributed by atoms with E-state index in [4.69, 9.17) is 11.6 Å². The normalized spacial score (nSPS) is 15.0. The average molecular weight is 312 g/mol. The summed E-state index contributed by atoms with van der Waals surface area (Å²) >= 11 is 5.95. The molecule has 1 saturated heterocycles. The summed E-state index contributed by atoms with van der Waals surface area (Å²) in [4.78, 5) is 36.9. The highest BCUT2D eigenvalue weighted by molar-refractivity contribution is 6.34. The standard InChI is InChI=1S/C13H14ClN3O4/c1-9(18)15-4-6-16(7-5-15)13(19)11-3-2-10(17(20)21)8-12(11)14/h2-3,8H,4-7H2,1H3. The molecule has 21 heavy (non-hydrogen) atoms. The SMILES string of the molecule is CC(=O)N1CCN(C(=O)c2ccc([N+](=O)[O-])cc2Cl)CC1. The zero-order chi connectivity index (χ0) is 15.6. The van der Waals surface area contributed by atoms with Crippen LogP contribution in [0.3, 0.4) is 0 Å². The van der Waals surface area contributed by atoms with Gasteiger partial charge in [-0.25, -0.2) is 0 Å². The van der Waals surface area contributed by atoms with E-state index in [1.807, 2.05) is 0 Å². The average Bonchev–Trinajstić information content (AvgIpc) is 2.46. The third-order valence-electron chi connectivity index (χ3n) is 3.41. The predicted octanol–water partition coefficient (Wildman–Crippen LogP) is 1.55. The summed E-state index contributed by atoms with van der Waals surface area (Å²) in [5.74, 6) is -0.298. The van der Waals surface area contributed by atoms with Crippen LogP contribution in [0.1, 0.15) is 17.3 Å². The number of carbonyl (C=O) groups is 2. The molecule has 0 aliphatic carbocycles. The van der Waals surface area contributed by atoms with Crippen LogP contribution in [0.5, 0.6) is 0 Å². The number of non-ortho nitro benzene ring substituents is 1. The van der Waals surface area contributed by atoms with Crippen molar-refractivity contribution in [3.05, 3.63) is 38.9 Å². The molecule has 1 heterocycles. The van der Waals surface area contributed by atoms with Gasteiger partial charge in [-0.05, 0) is 6.07 Å². The first-order valence-corrected chi connectivity index (χ1v) is 6.76. The number of halogens is 1. The van der Waals surface area contributed by atoms with Crippen LogP contribution < -0.4 is 0 Å². The van der Waals surface area contributed by atoms with Crippen LogP contribution in [-0.2, 0) is 4.79 Å². The second-order valence-electron chi connectivity index (χ2n) is 4.72. The largest absolute Gasteiger partial charge is 0.339 e. The molecule has 0 spiro atoms. The van der Waals surface area contributed by atoms with Crippen molar-refractivity contribution in [1.29, 1.82) is 0 Å². The van der Waals surface area contributed by atoms with E-state index in [2.05, 4.69) is 0 Å². The zero-order valence-corrected chi connectivity index (χ0v) is 12.2. The van der Waals surface area contributed by atoms with E-state index in [9.17, 15) is 19.7 Å². The second kappa shape index (κ2) is 6.09. The number of benzene rings is 1. The molecular weight excluding hydrogens is 298 g/mol. The van der Waals surface area contributed by atoms with Gasteiger partial charge >= 0.3 is 0 Å². The number of nitrogens with zero attached hydrogens (tertiary/aromatic N) is 3. The van der Waals surface area contributed by atoms with Gasteiger partial charge in [0.05, 0.1) is 15.5 Å². The molecule has 0 atom stereocenters. The summed E-state index contributed by atoms with van der Waals surface area (Å²) in [7, 11) is 0. The third-order valence-corrected chi connectivity index (χ3v) is 3.72. The highest BCUT2D eigenvalue weighted by atomic mass is 35.5. The first-order valence-electron chi connectivity index (χ1n) is 6.39. The lowest BCUT2D eigenvalue weighted by Crippen LogP contribution is -2.50. The van der Waals surface area contributed by atoms with Crippen molar-refractivity contribution in [3.8, 4) is 0 Å². The van der Waals surface area contributed by atoms with Crippen LogP contribution in [0, 0.1) is 10.1 Å². The van der Waals surface area contributed by atoms with Crippen LogP contribution in [0.15, 0.2) is 18.2 Å². The molecule has 0 bridgehead atoms. The summed E-state index contributed by atoms with van der Waals surface area (Å²) in [5.41, 5.74) is 0.0801. The van der Waals surface area contributed by atoms with Crippen molar-refractivity contribution in [1.82, 2.24) is 9.80 Å². The lowest BCUT2D eigenvalue weighted by Gasteiger charge is -2.34. The molecule has 2 amide bonds. The topological polar surface area (TPSA) is 83.8 Å². The molecule has 1 fully saturated rings. The summed E-state index contributed by atoms with van der Waals surface area (Å²) < 4.78 is 0. The van der Waals surface area contributed by atoms with Gasteiger partial charge in [-0.2, -0.15) is 0 Å². The minimum atomic E-state index is -0.564. The molecule has 8 heteroatoms. The van der Waals surface area contributed by atoms with Crippen LogP contribution in [0.4, 0.5) is 5.69 Å². The minimum absolute atomic E-state index is 0.0181. The highest BCUT2D eigenvalue weighted by Gasteiger charge is 2.25. The molecule has 7 nitrogen and oxygen atoms in total. The van der Waals surface area contributed by atoms with Gasteiger partial charge < -0.3 is 9.80 Å². The lowest BCUT2D eigenvalue weighted by atomic mass is 10.1. The summed E-state index contributed by atoms with van der Waals surface area (Å²) in [6.45, 7) is 3.29. The molecule has 112 valence electrons. The molecule has 0 radical (unpaired) electrons. The monoisotopic (exact) mass is 311 g/mol. The number of rotatable bonds is 2. The van der Waals surface area contributed by atoms with Crippen LogP contribution >= 0.6 is 11.6 Å². The Morgan fingerprint density at radius 1 is 1.19 bits per heavy atom. The highest BCUT2D eigenvalue weighted by Crippen LogP contribution is 2.24. The van der Waals surface area contributed by atoms with Crippen molar-refractivity contribution in [2.45, 2.75) is 6.92 Å². The Balaban J connectivity index is 2.11. The number of amides is 2. The fourth-order valence-corrected chi connectivity index (χ4v) is 2.44. The fraction of sp³-hybridized carbons (Fsp3) is 0.385. The molecule has 1 aliphatic rings. The summed E-state index contributed by atoms with van der Waals surface area (Å²) in [6.07, 6.45) is 0. The Morgan fingerprint density at radius 2 is 1.76 bits per heavy atom. The van der Waals surface area contributed by atoms with E-state index >= 15 is 0 Å². The van der Waals surface area contributed by atoms with Crippen LogP contribution in [0.25, 0.3) is 0 Å². The summed E-state index contributed by atoms with van der Waals surface area (Å²) in [6, 6.07) is 3.78. The van der Waals surface area contributed by atoms with Gasteiger partial charge in [-0.15, -0.1) is 0 Å². The van der Waals surface area contributed by atoms with Crippen molar-refractivity contribution < 1.29 is 14.5 Å². The fourth-order valence-electron chi connectivity index (χ4n) is 2.19. The zero-order valence-electron chi connectivity index (χ0n) is 11.4. The number of nitro groups is 1. The van der Waals surface area contributed by atoms with E-state index < -0.39 is 4.92 Å². The molecule has 0 aromatic heterocycles.